The SMILES string of the molecule is CN=C(NCc1ccccc1[N+](=O)[O-])N1CCC(CC(C)C)C1. The second-order valence-corrected chi connectivity index (χ2v) is 6.52. The Bertz CT molecular complexity index is 571. The summed E-state index contributed by atoms with van der Waals surface area (Å²) in [5.74, 6) is 2.25. The molecule has 1 atom stereocenters. The van der Waals surface area contributed by atoms with E-state index >= 15 is 0 Å². The first-order chi connectivity index (χ1) is 11.0. The highest BCUT2D eigenvalue weighted by Gasteiger charge is 2.25. The molecular weight excluding hydrogens is 292 g/mol. The molecule has 1 saturated heterocycles. The average molecular weight is 318 g/mol. The molecule has 0 bridgehead atoms. The van der Waals surface area contributed by atoms with Gasteiger partial charge in [0.05, 0.1) is 4.92 Å². The molecule has 1 N–H and O–H groups in total. The molecule has 6 heteroatoms. The van der Waals surface area contributed by atoms with Gasteiger partial charge in [-0.05, 0) is 24.7 Å². The monoisotopic (exact) mass is 318 g/mol. The third-order valence-corrected chi connectivity index (χ3v) is 4.23. The molecule has 1 aromatic rings. The second kappa shape index (κ2) is 7.94. The molecule has 2 rings (SSSR count). The quantitative estimate of drug-likeness (QED) is 0.392. The van der Waals surface area contributed by atoms with Gasteiger partial charge in [0.1, 0.15) is 0 Å². The van der Waals surface area contributed by atoms with E-state index in [-0.39, 0.29) is 10.6 Å². The number of hydrogen-bond donors (Lipinski definition) is 1. The topological polar surface area (TPSA) is 70.8 Å². The van der Waals surface area contributed by atoms with E-state index in [1.165, 1.54) is 18.9 Å². The summed E-state index contributed by atoms with van der Waals surface area (Å²) >= 11 is 0. The normalized spacial score (nSPS) is 18.5. The van der Waals surface area contributed by atoms with Crippen molar-refractivity contribution in [3.05, 3.63) is 39.9 Å². The Morgan fingerprint density at radius 1 is 1.48 bits per heavy atom. The Labute approximate surface area is 137 Å². The molecule has 1 fully saturated rings. The van der Waals surface area contributed by atoms with Crippen LogP contribution >= 0.6 is 0 Å². The van der Waals surface area contributed by atoms with Crippen LogP contribution in [0.25, 0.3) is 0 Å². The Morgan fingerprint density at radius 2 is 2.22 bits per heavy atom. The summed E-state index contributed by atoms with van der Waals surface area (Å²) in [6, 6.07) is 6.83. The molecule has 126 valence electrons. The number of nitrogens with zero attached hydrogens (tertiary/aromatic N) is 3. The van der Waals surface area contributed by atoms with Gasteiger partial charge in [0, 0.05) is 38.3 Å². The number of guanidine groups is 1. The fraction of sp³-hybridized carbons (Fsp3) is 0.588. The summed E-state index contributed by atoms with van der Waals surface area (Å²) in [5, 5.41) is 14.3. The number of likely N-dealkylation sites (tertiary alicyclic amines) is 1. The van der Waals surface area contributed by atoms with Crippen LogP contribution in [0.2, 0.25) is 0 Å². The van der Waals surface area contributed by atoms with Crippen molar-refractivity contribution < 1.29 is 4.92 Å². The lowest BCUT2D eigenvalue weighted by Gasteiger charge is -2.22. The zero-order chi connectivity index (χ0) is 16.8. The fourth-order valence-electron chi connectivity index (χ4n) is 3.23. The number of hydrogen-bond acceptors (Lipinski definition) is 3. The van der Waals surface area contributed by atoms with Crippen LogP contribution < -0.4 is 5.32 Å². The zero-order valence-corrected chi connectivity index (χ0v) is 14.2. The van der Waals surface area contributed by atoms with Gasteiger partial charge in [-0.2, -0.15) is 0 Å². The first-order valence-electron chi connectivity index (χ1n) is 8.19. The minimum absolute atomic E-state index is 0.148. The lowest BCUT2D eigenvalue weighted by molar-refractivity contribution is -0.385. The molecule has 0 amide bonds. The minimum Gasteiger partial charge on any atom is -0.352 e. The summed E-state index contributed by atoms with van der Waals surface area (Å²) in [6.45, 7) is 6.92. The zero-order valence-electron chi connectivity index (χ0n) is 14.2. The van der Waals surface area contributed by atoms with Gasteiger partial charge in [-0.25, -0.2) is 0 Å². The maximum absolute atomic E-state index is 11.1. The van der Waals surface area contributed by atoms with Gasteiger partial charge in [-0.3, -0.25) is 15.1 Å². The van der Waals surface area contributed by atoms with Crippen molar-refractivity contribution in [3.63, 3.8) is 0 Å². The first-order valence-corrected chi connectivity index (χ1v) is 8.19. The third-order valence-electron chi connectivity index (χ3n) is 4.23. The van der Waals surface area contributed by atoms with Crippen LogP contribution in [-0.4, -0.2) is 35.9 Å². The molecule has 1 aliphatic heterocycles. The van der Waals surface area contributed by atoms with Gasteiger partial charge in [-0.1, -0.05) is 32.0 Å². The van der Waals surface area contributed by atoms with Gasteiger partial charge in [0.25, 0.3) is 5.69 Å². The summed E-state index contributed by atoms with van der Waals surface area (Å²) in [5.41, 5.74) is 0.825. The molecule has 1 unspecified atom stereocenters. The summed E-state index contributed by atoms with van der Waals surface area (Å²) in [7, 11) is 1.76. The van der Waals surface area contributed by atoms with E-state index in [1.807, 2.05) is 6.07 Å². The van der Waals surface area contributed by atoms with Gasteiger partial charge in [-0.15, -0.1) is 0 Å². The Hall–Kier alpha value is -2.11. The number of nitrogens with one attached hydrogen (secondary N) is 1. The van der Waals surface area contributed by atoms with Crippen LogP contribution in [0.4, 0.5) is 5.69 Å². The molecule has 1 heterocycles. The van der Waals surface area contributed by atoms with Gasteiger partial charge >= 0.3 is 0 Å². The van der Waals surface area contributed by atoms with Gasteiger partial charge in [0.2, 0.25) is 0 Å². The van der Waals surface area contributed by atoms with Crippen molar-refractivity contribution >= 4 is 11.6 Å². The second-order valence-electron chi connectivity index (χ2n) is 6.52. The molecular formula is C17H26N4O2. The number of nitro benzene ring substituents is 1. The number of nitro groups is 1. The number of rotatable bonds is 5. The molecule has 1 aliphatic rings. The smallest absolute Gasteiger partial charge is 0.274 e. The molecule has 0 saturated carbocycles. The molecule has 23 heavy (non-hydrogen) atoms. The predicted octanol–water partition coefficient (Wildman–Crippen LogP) is 3.04. The molecule has 1 aromatic carbocycles. The van der Waals surface area contributed by atoms with E-state index in [0.717, 1.165) is 19.0 Å². The number of para-hydroxylation sites is 1. The molecule has 0 spiro atoms. The van der Waals surface area contributed by atoms with E-state index in [0.29, 0.717) is 23.9 Å². The molecule has 0 aliphatic carbocycles. The van der Waals surface area contributed by atoms with Crippen LogP contribution in [0.3, 0.4) is 0 Å². The predicted molar refractivity (Wildman–Crippen MR) is 92.4 cm³/mol. The maximum atomic E-state index is 11.1. The van der Waals surface area contributed by atoms with E-state index in [9.17, 15) is 10.1 Å². The van der Waals surface area contributed by atoms with Crippen molar-refractivity contribution in [3.8, 4) is 0 Å². The van der Waals surface area contributed by atoms with Crippen LogP contribution in [-0.2, 0) is 6.54 Å². The Balaban J connectivity index is 1.95. The van der Waals surface area contributed by atoms with E-state index in [4.69, 9.17) is 0 Å². The van der Waals surface area contributed by atoms with Crippen molar-refractivity contribution in [1.82, 2.24) is 10.2 Å². The van der Waals surface area contributed by atoms with Crippen molar-refractivity contribution in [2.45, 2.75) is 33.2 Å². The van der Waals surface area contributed by atoms with Gasteiger partial charge < -0.3 is 10.2 Å². The van der Waals surface area contributed by atoms with E-state index < -0.39 is 0 Å². The van der Waals surface area contributed by atoms with Gasteiger partial charge in [0.15, 0.2) is 5.96 Å². The van der Waals surface area contributed by atoms with Crippen LogP contribution in [0.5, 0.6) is 0 Å². The summed E-state index contributed by atoms with van der Waals surface area (Å²) in [6.07, 6.45) is 2.42. The average Bonchev–Trinajstić information content (AvgIpc) is 2.95. The number of aliphatic imine (C=N–C) groups is 1. The van der Waals surface area contributed by atoms with Crippen LogP contribution in [0, 0.1) is 22.0 Å². The highest BCUT2D eigenvalue weighted by Crippen LogP contribution is 2.23. The first kappa shape index (κ1) is 17.2. The lowest BCUT2D eigenvalue weighted by Crippen LogP contribution is -2.39. The fourth-order valence-corrected chi connectivity index (χ4v) is 3.23. The highest BCUT2D eigenvalue weighted by molar-refractivity contribution is 5.80. The van der Waals surface area contributed by atoms with E-state index in [2.05, 4.69) is 29.1 Å². The Kier molecular flexibility index (Phi) is 5.96. The van der Waals surface area contributed by atoms with E-state index in [1.54, 1.807) is 19.2 Å². The maximum Gasteiger partial charge on any atom is 0.274 e. The van der Waals surface area contributed by atoms with Crippen molar-refractivity contribution in [2.75, 3.05) is 20.1 Å². The van der Waals surface area contributed by atoms with Crippen LogP contribution in [0.1, 0.15) is 32.3 Å². The largest absolute Gasteiger partial charge is 0.352 e. The molecule has 0 radical (unpaired) electrons. The highest BCUT2D eigenvalue weighted by atomic mass is 16.6. The summed E-state index contributed by atoms with van der Waals surface area (Å²) in [4.78, 5) is 17.3. The summed E-state index contributed by atoms with van der Waals surface area (Å²) < 4.78 is 0. The Morgan fingerprint density at radius 3 is 2.87 bits per heavy atom. The molecule has 0 aromatic heterocycles. The number of benzene rings is 1. The standard InChI is InChI=1S/C17H26N4O2/c1-13(2)10-14-8-9-20(12-14)17(18-3)19-11-15-6-4-5-7-16(15)21(22)23/h4-7,13-14H,8-12H2,1-3H3,(H,18,19). The molecule has 6 nitrogen and oxygen atoms in total. The van der Waals surface area contributed by atoms with Crippen LogP contribution in [0.15, 0.2) is 29.3 Å². The van der Waals surface area contributed by atoms with Crippen molar-refractivity contribution in [2.24, 2.45) is 16.8 Å². The van der Waals surface area contributed by atoms with Crippen molar-refractivity contribution in [1.29, 1.82) is 0 Å². The lowest BCUT2D eigenvalue weighted by atomic mass is 9.97. The third kappa shape index (κ3) is 4.68. The minimum atomic E-state index is -0.339.